The van der Waals surface area contributed by atoms with E-state index in [0.717, 1.165) is 11.8 Å². The lowest BCUT2D eigenvalue weighted by molar-refractivity contribution is 0.541. The van der Waals surface area contributed by atoms with Gasteiger partial charge in [0.1, 0.15) is 5.82 Å². The molecule has 15 heavy (non-hydrogen) atoms. The zero-order chi connectivity index (χ0) is 10.7. The van der Waals surface area contributed by atoms with E-state index in [1.54, 1.807) is 0 Å². The minimum Gasteiger partial charge on any atom is -0.357 e. The van der Waals surface area contributed by atoms with Crippen LogP contribution in [0.4, 0.5) is 5.95 Å². The Morgan fingerprint density at radius 1 is 1.13 bits per heavy atom. The molecule has 1 saturated carbocycles. The molecule has 1 N–H and O–H groups in total. The van der Waals surface area contributed by atoms with Crippen molar-refractivity contribution < 1.29 is 0 Å². The summed E-state index contributed by atoms with van der Waals surface area (Å²) in [5.41, 5.74) is 0. The molecule has 0 saturated heterocycles. The lowest BCUT2D eigenvalue weighted by atomic mass is 10.00. The highest BCUT2D eigenvalue weighted by Gasteiger charge is 2.20. The molecule has 1 aromatic rings. The van der Waals surface area contributed by atoms with Crippen molar-refractivity contribution >= 4 is 5.95 Å². The molecule has 1 fully saturated rings. The van der Waals surface area contributed by atoms with Crippen LogP contribution >= 0.6 is 0 Å². The van der Waals surface area contributed by atoms with Crippen LogP contribution in [-0.2, 0) is 7.05 Å². The Bertz CT molecular complexity index is 310. The summed E-state index contributed by atoms with van der Waals surface area (Å²) >= 11 is 0. The van der Waals surface area contributed by atoms with Crippen molar-refractivity contribution in [2.24, 2.45) is 7.05 Å². The summed E-state index contributed by atoms with van der Waals surface area (Å²) in [5.74, 6) is 2.64. The molecule has 1 aliphatic carbocycles. The fourth-order valence-corrected chi connectivity index (χ4v) is 2.45. The van der Waals surface area contributed by atoms with Gasteiger partial charge in [-0.3, -0.25) is 0 Å². The number of hydrogen-bond acceptors (Lipinski definition) is 3. The van der Waals surface area contributed by atoms with Crippen LogP contribution in [0.25, 0.3) is 0 Å². The van der Waals surface area contributed by atoms with Gasteiger partial charge in [-0.2, -0.15) is 0 Å². The monoisotopic (exact) mass is 208 g/mol. The van der Waals surface area contributed by atoms with Crippen LogP contribution in [0.5, 0.6) is 0 Å². The van der Waals surface area contributed by atoms with Crippen LogP contribution in [0.1, 0.15) is 50.3 Å². The highest BCUT2D eigenvalue weighted by molar-refractivity contribution is 5.24. The number of hydrogen-bond donors (Lipinski definition) is 1. The molecule has 0 bridgehead atoms. The van der Waals surface area contributed by atoms with Gasteiger partial charge in [-0.1, -0.05) is 25.7 Å². The van der Waals surface area contributed by atoms with Crippen molar-refractivity contribution in [1.82, 2.24) is 14.8 Å². The van der Waals surface area contributed by atoms with E-state index < -0.39 is 0 Å². The summed E-state index contributed by atoms with van der Waals surface area (Å²) in [5, 5.41) is 11.5. The second-order valence-corrected chi connectivity index (χ2v) is 4.38. The van der Waals surface area contributed by atoms with E-state index in [2.05, 4.69) is 20.1 Å². The van der Waals surface area contributed by atoms with E-state index in [-0.39, 0.29) is 0 Å². The van der Waals surface area contributed by atoms with E-state index in [4.69, 9.17) is 0 Å². The first-order chi connectivity index (χ1) is 7.33. The third-order valence-corrected chi connectivity index (χ3v) is 3.35. The molecule has 4 nitrogen and oxygen atoms in total. The van der Waals surface area contributed by atoms with Gasteiger partial charge < -0.3 is 9.88 Å². The summed E-state index contributed by atoms with van der Waals surface area (Å²) in [4.78, 5) is 0. The predicted molar refractivity (Wildman–Crippen MR) is 61.0 cm³/mol. The summed E-state index contributed by atoms with van der Waals surface area (Å²) < 4.78 is 2.09. The van der Waals surface area contributed by atoms with Crippen molar-refractivity contribution in [3.63, 3.8) is 0 Å². The van der Waals surface area contributed by atoms with Gasteiger partial charge in [-0.25, -0.2) is 0 Å². The largest absolute Gasteiger partial charge is 0.357 e. The molecular weight excluding hydrogens is 188 g/mol. The quantitative estimate of drug-likeness (QED) is 0.758. The van der Waals surface area contributed by atoms with Crippen LogP contribution in [0.2, 0.25) is 0 Å². The van der Waals surface area contributed by atoms with Gasteiger partial charge in [-0.15, -0.1) is 10.2 Å². The first-order valence-electron chi connectivity index (χ1n) is 5.90. The van der Waals surface area contributed by atoms with Gasteiger partial charge in [-0.05, 0) is 12.8 Å². The molecule has 0 unspecified atom stereocenters. The Labute approximate surface area is 91.1 Å². The van der Waals surface area contributed by atoms with Crippen LogP contribution in [-0.4, -0.2) is 21.8 Å². The fraction of sp³-hybridized carbons (Fsp3) is 0.818. The maximum atomic E-state index is 4.30. The Balaban J connectivity index is 2.16. The third kappa shape index (κ3) is 2.13. The zero-order valence-corrected chi connectivity index (χ0v) is 9.66. The van der Waals surface area contributed by atoms with Crippen LogP contribution in [0.15, 0.2) is 0 Å². The Morgan fingerprint density at radius 3 is 2.33 bits per heavy atom. The van der Waals surface area contributed by atoms with Gasteiger partial charge >= 0.3 is 0 Å². The predicted octanol–water partition coefficient (Wildman–Crippen LogP) is 2.29. The average molecular weight is 208 g/mol. The molecule has 0 radical (unpaired) electrons. The van der Waals surface area contributed by atoms with Crippen molar-refractivity contribution in [2.75, 3.05) is 12.4 Å². The highest BCUT2D eigenvalue weighted by atomic mass is 15.3. The molecule has 0 spiro atoms. The van der Waals surface area contributed by atoms with Crippen LogP contribution in [0, 0.1) is 0 Å². The minimum absolute atomic E-state index is 0.618. The number of nitrogens with zero attached hydrogens (tertiary/aromatic N) is 3. The average Bonchev–Trinajstić information content (AvgIpc) is 2.49. The molecule has 0 amide bonds. The lowest BCUT2D eigenvalue weighted by Gasteiger charge is -2.13. The second-order valence-electron chi connectivity index (χ2n) is 4.38. The Kier molecular flexibility index (Phi) is 3.23. The number of rotatable bonds is 2. The number of nitrogens with one attached hydrogen (secondary N) is 1. The van der Waals surface area contributed by atoms with Gasteiger partial charge in [0.2, 0.25) is 5.95 Å². The molecule has 0 atom stereocenters. The van der Waals surface area contributed by atoms with Crippen LogP contribution < -0.4 is 5.32 Å². The number of aromatic nitrogens is 3. The first kappa shape index (κ1) is 10.5. The normalized spacial score (nSPS) is 18.8. The number of anilines is 1. The van der Waals surface area contributed by atoms with E-state index in [9.17, 15) is 0 Å². The standard InChI is InChI=1S/C11H20N4/c1-12-11-14-13-10(15(11)2)9-7-5-3-4-6-8-9/h9H,3-8H2,1-2H3,(H,12,14). The molecule has 0 aliphatic heterocycles. The lowest BCUT2D eigenvalue weighted by Crippen LogP contribution is -2.07. The van der Waals surface area contributed by atoms with Gasteiger partial charge in [0, 0.05) is 20.0 Å². The first-order valence-corrected chi connectivity index (χ1v) is 5.90. The summed E-state index contributed by atoms with van der Waals surface area (Å²) in [6.07, 6.45) is 7.99. The van der Waals surface area contributed by atoms with Crippen molar-refractivity contribution in [3.8, 4) is 0 Å². The molecule has 1 aromatic heterocycles. The van der Waals surface area contributed by atoms with Gasteiger partial charge in [0.25, 0.3) is 0 Å². The minimum atomic E-state index is 0.618. The van der Waals surface area contributed by atoms with Gasteiger partial charge in [0.05, 0.1) is 0 Å². The molecule has 0 aromatic carbocycles. The van der Waals surface area contributed by atoms with E-state index in [0.29, 0.717) is 5.92 Å². The zero-order valence-electron chi connectivity index (χ0n) is 9.66. The molecule has 84 valence electrons. The van der Waals surface area contributed by atoms with Crippen LogP contribution in [0.3, 0.4) is 0 Å². The summed E-state index contributed by atoms with van der Waals surface area (Å²) in [6.45, 7) is 0. The van der Waals surface area contributed by atoms with Crippen molar-refractivity contribution in [3.05, 3.63) is 5.82 Å². The molecule has 1 heterocycles. The molecular formula is C11H20N4. The maximum Gasteiger partial charge on any atom is 0.224 e. The van der Waals surface area contributed by atoms with E-state index in [1.165, 1.54) is 38.5 Å². The molecule has 2 rings (SSSR count). The van der Waals surface area contributed by atoms with Crippen molar-refractivity contribution in [1.29, 1.82) is 0 Å². The van der Waals surface area contributed by atoms with Gasteiger partial charge in [0.15, 0.2) is 0 Å². The Morgan fingerprint density at radius 2 is 1.80 bits per heavy atom. The summed E-state index contributed by atoms with van der Waals surface area (Å²) in [6, 6.07) is 0. The topological polar surface area (TPSA) is 42.7 Å². The van der Waals surface area contributed by atoms with Crippen molar-refractivity contribution in [2.45, 2.75) is 44.4 Å². The van der Waals surface area contributed by atoms with E-state index in [1.807, 2.05) is 14.1 Å². The fourth-order valence-electron chi connectivity index (χ4n) is 2.45. The smallest absolute Gasteiger partial charge is 0.224 e. The third-order valence-electron chi connectivity index (χ3n) is 3.35. The maximum absolute atomic E-state index is 4.30. The molecule has 4 heteroatoms. The SMILES string of the molecule is CNc1nnc(C2CCCCCC2)n1C. The van der Waals surface area contributed by atoms with E-state index >= 15 is 0 Å². The second kappa shape index (κ2) is 4.64. The Hall–Kier alpha value is -1.06. The summed E-state index contributed by atoms with van der Waals surface area (Å²) in [7, 11) is 3.94. The molecule has 1 aliphatic rings. The highest BCUT2D eigenvalue weighted by Crippen LogP contribution is 2.30.